The van der Waals surface area contributed by atoms with Crippen LogP contribution in [0.3, 0.4) is 0 Å². The molecule has 0 aromatic heterocycles. The highest BCUT2D eigenvalue weighted by Crippen LogP contribution is 2.25. The number of hydrogen-bond donors (Lipinski definition) is 1. The Hall–Kier alpha value is -1.55. The summed E-state index contributed by atoms with van der Waals surface area (Å²) in [5.41, 5.74) is 2.56. The molecule has 1 aliphatic rings. The Balaban J connectivity index is 1.88. The van der Waals surface area contributed by atoms with Crippen molar-refractivity contribution in [3.8, 4) is 5.75 Å². The Labute approximate surface area is 108 Å². The first-order chi connectivity index (χ1) is 8.70. The number of ether oxygens (including phenoxy) is 1. The quantitative estimate of drug-likeness (QED) is 0.839. The van der Waals surface area contributed by atoms with E-state index in [1.54, 1.807) is 11.9 Å². The summed E-state index contributed by atoms with van der Waals surface area (Å²) in [7, 11) is 3.63. The summed E-state index contributed by atoms with van der Waals surface area (Å²) >= 11 is 0. The molecule has 1 amide bonds. The molecule has 4 heteroatoms. The van der Waals surface area contributed by atoms with Crippen LogP contribution in [0.15, 0.2) is 18.2 Å². The van der Waals surface area contributed by atoms with Crippen molar-refractivity contribution in [1.29, 1.82) is 0 Å². The van der Waals surface area contributed by atoms with Gasteiger partial charge in [0.05, 0.1) is 13.2 Å². The average Bonchev–Trinajstić information content (AvgIpc) is 2.83. The minimum atomic E-state index is 0.127. The highest BCUT2D eigenvalue weighted by atomic mass is 16.5. The molecule has 18 heavy (non-hydrogen) atoms. The summed E-state index contributed by atoms with van der Waals surface area (Å²) in [6, 6.07) is 6.31. The van der Waals surface area contributed by atoms with Crippen molar-refractivity contribution in [2.24, 2.45) is 0 Å². The Morgan fingerprint density at radius 1 is 1.50 bits per heavy atom. The number of amides is 1. The molecule has 0 saturated carbocycles. The summed E-state index contributed by atoms with van der Waals surface area (Å²) in [4.78, 5) is 13.4. The fraction of sp³-hybridized carbons (Fsp3) is 0.500. The lowest BCUT2D eigenvalue weighted by molar-refractivity contribution is -0.128. The van der Waals surface area contributed by atoms with E-state index in [4.69, 9.17) is 4.74 Å². The molecule has 2 rings (SSSR count). The largest absolute Gasteiger partial charge is 0.493 e. The van der Waals surface area contributed by atoms with E-state index in [0.717, 1.165) is 31.7 Å². The average molecular weight is 248 g/mol. The van der Waals surface area contributed by atoms with Crippen molar-refractivity contribution in [2.75, 3.05) is 33.8 Å². The van der Waals surface area contributed by atoms with Crippen LogP contribution in [0.4, 0.5) is 0 Å². The van der Waals surface area contributed by atoms with Crippen LogP contribution >= 0.6 is 0 Å². The van der Waals surface area contributed by atoms with E-state index >= 15 is 0 Å². The number of carbonyl (C=O) groups is 1. The number of nitrogens with zero attached hydrogens (tertiary/aromatic N) is 1. The van der Waals surface area contributed by atoms with Crippen LogP contribution in [0.1, 0.15) is 11.1 Å². The van der Waals surface area contributed by atoms with Gasteiger partial charge in [0.1, 0.15) is 5.75 Å². The van der Waals surface area contributed by atoms with Gasteiger partial charge < -0.3 is 15.0 Å². The number of likely N-dealkylation sites (N-methyl/N-ethyl adjacent to an activating group) is 2. The zero-order chi connectivity index (χ0) is 13.0. The molecule has 0 radical (unpaired) electrons. The van der Waals surface area contributed by atoms with Crippen molar-refractivity contribution >= 4 is 5.91 Å². The smallest absolute Gasteiger partial charge is 0.236 e. The SMILES string of the molecule is CNCC(=O)N(C)CCc1ccc2c(c1)CCO2. The molecule has 4 nitrogen and oxygen atoms in total. The molecular formula is C14H20N2O2. The molecule has 0 bridgehead atoms. The van der Waals surface area contributed by atoms with Crippen molar-refractivity contribution in [1.82, 2.24) is 10.2 Å². The Morgan fingerprint density at radius 3 is 3.11 bits per heavy atom. The normalized spacial score (nSPS) is 13.0. The molecular weight excluding hydrogens is 228 g/mol. The number of benzene rings is 1. The van der Waals surface area contributed by atoms with Crippen molar-refractivity contribution in [3.05, 3.63) is 29.3 Å². The minimum absolute atomic E-state index is 0.127. The molecule has 1 N–H and O–H groups in total. The standard InChI is InChI=1S/C14H20N2O2/c1-15-10-14(17)16(2)7-5-11-3-4-13-12(9-11)6-8-18-13/h3-4,9,15H,5-8,10H2,1-2H3. The molecule has 1 heterocycles. The van der Waals surface area contributed by atoms with E-state index in [1.807, 2.05) is 13.1 Å². The number of fused-ring (bicyclic) bond motifs is 1. The van der Waals surface area contributed by atoms with Gasteiger partial charge in [0, 0.05) is 20.0 Å². The summed E-state index contributed by atoms with van der Waals surface area (Å²) in [5, 5.41) is 2.87. The summed E-state index contributed by atoms with van der Waals surface area (Å²) in [5.74, 6) is 1.14. The van der Waals surface area contributed by atoms with Gasteiger partial charge in [-0.25, -0.2) is 0 Å². The molecule has 1 aromatic rings. The second-order valence-electron chi connectivity index (χ2n) is 4.64. The second kappa shape index (κ2) is 5.87. The minimum Gasteiger partial charge on any atom is -0.493 e. The van der Waals surface area contributed by atoms with Crippen LogP contribution in [-0.4, -0.2) is 44.6 Å². The maximum atomic E-state index is 11.6. The highest BCUT2D eigenvalue weighted by Gasteiger charge is 2.12. The second-order valence-corrected chi connectivity index (χ2v) is 4.64. The summed E-state index contributed by atoms with van der Waals surface area (Å²) < 4.78 is 5.48. The maximum Gasteiger partial charge on any atom is 0.236 e. The van der Waals surface area contributed by atoms with Gasteiger partial charge in [-0.15, -0.1) is 0 Å². The lowest BCUT2D eigenvalue weighted by Crippen LogP contribution is -2.35. The third-order valence-corrected chi connectivity index (χ3v) is 3.24. The number of rotatable bonds is 5. The third kappa shape index (κ3) is 3.01. The van der Waals surface area contributed by atoms with E-state index in [-0.39, 0.29) is 5.91 Å². The molecule has 98 valence electrons. The summed E-state index contributed by atoms with van der Waals surface area (Å²) in [6.45, 7) is 1.94. The lowest BCUT2D eigenvalue weighted by Gasteiger charge is -2.17. The van der Waals surface area contributed by atoms with Gasteiger partial charge in [0.2, 0.25) is 5.91 Å². The van der Waals surface area contributed by atoms with E-state index in [9.17, 15) is 4.79 Å². The first-order valence-electron chi connectivity index (χ1n) is 6.34. The fourth-order valence-electron chi connectivity index (χ4n) is 2.10. The topological polar surface area (TPSA) is 41.6 Å². The van der Waals surface area contributed by atoms with Gasteiger partial charge in [-0.05, 0) is 30.7 Å². The molecule has 0 saturated heterocycles. The number of carbonyl (C=O) groups excluding carboxylic acids is 1. The number of hydrogen-bond acceptors (Lipinski definition) is 3. The van der Waals surface area contributed by atoms with Gasteiger partial charge in [0.15, 0.2) is 0 Å². The van der Waals surface area contributed by atoms with Crippen LogP contribution in [-0.2, 0) is 17.6 Å². The van der Waals surface area contributed by atoms with Gasteiger partial charge in [-0.1, -0.05) is 12.1 Å². The highest BCUT2D eigenvalue weighted by molar-refractivity contribution is 5.77. The Morgan fingerprint density at radius 2 is 2.33 bits per heavy atom. The van der Waals surface area contributed by atoms with E-state index < -0.39 is 0 Å². The van der Waals surface area contributed by atoms with Gasteiger partial charge in [-0.3, -0.25) is 4.79 Å². The van der Waals surface area contributed by atoms with Crippen LogP contribution in [0.25, 0.3) is 0 Å². The van der Waals surface area contributed by atoms with Gasteiger partial charge in [0.25, 0.3) is 0 Å². The number of nitrogens with one attached hydrogen (secondary N) is 1. The third-order valence-electron chi connectivity index (χ3n) is 3.24. The molecule has 0 spiro atoms. The zero-order valence-corrected chi connectivity index (χ0v) is 11.0. The van der Waals surface area contributed by atoms with Crippen molar-refractivity contribution in [2.45, 2.75) is 12.8 Å². The summed E-state index contributed by atoms with van der Waals surface area (Å²) in [6.07, 6.45) is 1.89. The molecule has 0 fully saturated rings. The van der Waals surface area contributed by atoms with Gasteiger partial charge in [-0.2, -0.15) is 0 Å². The van der Waals surface area contributed by atoms with E-state index in [2.05, 4.69) is 17.4 Å². The van der Waals surface area contributed by atoms with E-state index in [0.29, 0.717) is 6.54 Å². The molecule has 1 aromatic carbocycles. The molecule has 0 atom stereocenters. The monoisotopic (exact) mass is 248 g/mol. The Kier molecular flexibility index (Phi) is 4.20. The van der Waals surface area contributed by atoms with Crippen LogP contribution in [0.2, 0.25) is 0 Å². The van der Waals surface area contributed by atoms with E-state index in [1.165, 1.54) is 11.1 Å². The van der Waals surface area contributed by atoms with Crippen molar-refractivity contribution < 1.29 is 9.53 Å². The molecule has 0 aliphatic carbocycles. The lowest BCUT2D eigenvalue weighted by atomic mass is 10.1. The zero-order valence-electron chi connectivity index (χ0n) is 11.0. The van der Waals surface area contributed by atoms with Crippen LogP contribution in [0.5, 0.6) is 5.75 Å². The fourth-order valence-corrected chi connectivity index (χ4v) is 2.10. The Bertz CT molecular complexity index is 432. The predicted molar refractivity (Wildman–Crippen MR) is 70.9 cm³/mol. The predicted octanol–water partition coefficient (Wildman–Crippen LogP) is 0.842. The first-order valence-corrected chi connectivity index (χ1v) is 6.34. The van der Waals surface area contributed by atoms with Gasteiger partial charge >= 0.3 is 0 Å². The molecule has 0 unspecified atom stereocenters. The van der Waals surface area contributed by atoms with Crippen molar-refractivity contribution in [3.63, 3.8) is 0 Å². The maximum absolute atomic E-state index is 11.6. The van der Waals surface area contributed by atoms with Crippen LogP contribution in [0, 0.1) is 0 Å². The molecule has 1 aliphatic heterocycles. The first kappa shape index (κ1) is 12.9. The van der Waals surface area contributed by atoms with Crippen LogP contribution < -0.4 is 10.1 Å².